The van der Waals surface area contributed by atoms with Gasteiger partial charge in [-0.15, -0.1) is 0 Å². The van der Waals surface area contributed by atoms with E-state index in [1.807, 2.05) is 19.1 Å². The predicted octanol–water partition coefficient (Wildman–Crippen LogP) is 3.03. The molecule has 1 amide bonds. The lowest BCUT2D eigenvalue weighted by Gasteiger charge is -2.29. The lowest BCUT2D eigenvalue weighted by atomic mass is 10.0. The molecule has 2 aromatic carbocycles. The molecule has 0 aromatic heterocycles. The van der Waals surface area contributed by atoms with Crippen LogP contribution in [-0.4, -0.2) is 34.6 Å². The second-order valence-electron chi connectivity index (χ2n) is 6.76. The van der Waals surface area contributed by atoms with Crippen molar-refractivity contribution in [1.82, 2.24) is 0 Å². The summed E-state index contributed by atoms with van der Waals surface area (Å²) in [5.74, 6) is 0.0586. The van der Waals surface area contributed by atoms with Gasteiger partial charge >= 0.3 is 0 Å². The topological polar surface area (TPSA) is 75.7 Å². The molecule has 1 aliphatic heterocycles. The van der Waals surface area contributed by atoms with E-state index in [0.717, 1.165) is 16.8 Å². The molecule has 6 nitrogen and oxygen atoms in total. The van der Waals surface area contributed by atoms with Gasteiger partial charge in [0.2, 0.25) is 5.91 Å². The number of carbonyl (C=O) groups is 1. The smallest absolute Gasteiger partial charge is 0.262 e. The minimum absolute atomic E-state index is 0.0586. The third-order valence-corrected chi connectivity index (χ3v) is 6.21. The highest BCUT2D eigenvalue weighted by atomic mass is 32.2. The molecule has 0 radical (unpaired) electrons. The number of nitrogens with zero attached hydrogens (tertiary/aromatic N) is 1. The summed E-state index contributed by atoms with van der Waals surface area (Å²) in [7, 11) is -2.08. The SMILES string of the molecule is COCCN1C(=O)CCc2cc(NS(=O)(=O)c3cc(C)ccc3C)ccc21. The van der Waals surface area contributed by atoms with Crippen molar-refractivity contribution in [2.24, 2.45) is 0 Å². The zero-order chi connectivity index (χ0) is 19.6. The molecule has 3 rings (SSSR count). The van der Waals surface area contributed by atoms with E-state index in [-0.39, 0.29) is 10.8 Å². The van der Waals surface area contributed by atoms with Gasteiger partial charge in [-0.25, -0.2) is 8.42 Å². The summed E-state index contributed by atoms with van der Waals surface area (Å²) in [6, 6.07) is 10.7. The Morgan fingerprint density at radius 1 is 1.11 bits per heavy atom. The van der Waals surface area contributed by atoms with Crippen molar-refractivity contribution in [1.29, 1.82) is 0 Å². The maximum Gasteiger partial charge on any atom is 0.262 e. The monoisotopic (exact) mass is 388 g/mol. The van der Waals surface area contributed by atoms with Crippen molar-refractivity contribution in [3.05, 3.63) is 53.1 Å². The number of nitrogens with one attached hydrogen (secondary N) is 1. The lowest BCUT2D eigenvalue weighted by molar-refractivity contribution is -0.119. The standard InChI is InChI=1S/C20H24N2O4S/c1-14-4-5-15(2)19(12-14)27(24,25)21-17-7-8-18-16(13-17)6-9-20(23)22(18)10-11-26-3/h4-5,7-8,12-13,21H,6,9-11H2,1-3H3. The van der Waals surface area contributed by atoms with Crippen molar-refractivity contribution >= 4 is 27.3 Å². The van der Waals surface area contributed by atoms with Crippen molar-refractivity contribution in [3.8, 4) is 0 Å². The van der Waals surface area contributed by atoms with Crippen molar-refractivity contribution in [2.45, 2.75) is 31.6 Å². The molecule has 0 atom stereocenters. The molecular weight excluding hydrogens is 364 g/mol. The summed E-state index contributed by atoms with van der Waals surface area (Å²) in [4.78, 5) is 14.2. The van der Waals surface area contributed by atoms with Crippen LogP contribution in [0.3, 0.4) is 0 Å². The number of fused-ring (bicyclic) bond motifs is 1. The summed E-state index contributed by atoms with van der Waals surface area (Å²) in [5.41, 5.74) is 3.85. The molecule has 1 N–H and O–H groups in total. The lowest BCUT2D eigenvalue weighted by Crippen LogP contribution is -2.37. The molecule has 1 aliphatic rings. The van der Waals surface area contributed by atoms with Gasteiger partial charge in [0.15, 0.2) is 0 Å². The number of aryl methyl sites for hydroxylation is 3. The first-order valence-electron chi connectivity index (χ1n) is 8.84. The molecule has 144 valence electrons. The maximum atomic E-state index is 12.8. The van der Waals surface area contributed by atoms with E-state index in [2.05, 4.69) is 4.72 Å². The number of benzene rings is 2. The summed E-state index contributed by atoms with van der Waals surface area (Å²) in [5, 5.41) is 0. The molecule has 27 heavy (non-hydrogen) atoms. The summed E-state index contributed by atoms with van der Waals surface area (Å²) in [6.07, 6.45) is 1.00. The van der Waals surface area contributed by atoms with E-state index >= 15 is 0 Å². The van der Waals surface area contributed by atoms with Gasteiger partial charge < -0.3 is 9.64 Å². The summed E-state index contributed by atoms with van der Waals surface area (Å²) in [6.45, 7) is 4.57. The van der Waals surface area contributed by atoms with E-state index in [1.165, 1.54) is 0 Å². The van der Waals surface area contributed by atoms with Crippen LogP contribution in [0, 0.1) is 13.8 Å². The highest BCUT2D eigenvalue weighted by Crippen LogP contribution is 2.31. The van der Waals surface area contributed by atoms with Gasteiger partial charge in [0.05, 0.1) is 11.5 Å². The Labute approximate surface area is 160 Å². The normalized spacial score (nSPS) is 14.2. The van der Waals surface area contributed by atoms with Crippen LogP contribution in [0.25, 0.3) is 0 Å². The van der Waals surface area contributed by atoms with E-state index in [9.17, 15) is 13.2 Å². The molecule has 0 saturated carbocycles. The first-order chi connectivity index (χ1) is 12.8. The number of ether oxygens (including phenoxy) is 1. The van der Waals surface area contributed by atoms with Crippen LogP contribution in [0.4, 0.5) is 11.4 Å². The molecule has 0 bridgehead atoms. The van der Waals surface area contributed by atoms with Gasteiger partial charge in [-0.2, -0.15) is 0 Å². The highest BCUT2D eigenvalue weighted by molar-refractivity contribution is 7.92. The first-order valence-corrected chi connectivity index (χ1v) is 10.3. The number of hydrogen-bond acceptors (Lipinski definition) is 4. The molecule has 1 heterocycles. The molecule has 0 unspecified atom stereocenters. The van der Waals surface area contributed by atoms with Crippen LogP contribution in [0.5, 0.6) is 0 Å². The largest absolute Gasteiger partial charge is 0.383 e. The van der Waals surface area contributed by atoms with Gasteiger partial charge in [0.25, 0.3) is 10.0 Å². The second-order valence-corrected chi connectivity index (χ2v) is 8.41. The van der Waals surface area contributed by atoms with Crippen LogP contribution in [0.2, 0.25) is 0 Å². The molecular formula is C20H24N2O4S. The number of methoxy groups -OCH3 is 1. The number of anilines is 2. The minimum atomic E-state index is -3.68. The minimum Gasteiger partial charge on any atom is -0.383 e. The molecule has 0 aliphatic carbocycles. The zero-order valence-electron chi connectivity index (χ0n) is 15.8. The summed E-state index contributed by atoms with van der Waals surface area (Å²) >= 11 is 0. The van der Waals surface area contributed by atoms with E-state index in [4.69, 9.17) is 4.74 Å². The predicted molar refractivity (Wildman–Crippen MR) is 106 cm³/mol. The Balaban J connectivity index is 1.89. The van der Waals surface area contributed by atoms with Crippen LogP contribution >= 0.6 is 0 Å². The van der Waals surface area contributed by atoms with Crippen molar-refractivity contribution < 1.29 is 17.9 Å². The first kappa shape index (κ1) is 19.4. The fourth-order valence-electron chi connectivity index (χ4n) is 3.26. The Kier molecular flexibility index (Phi) is 5.53. The fourth-order valence-corrected chi connectivity index (χ4v) is 4.64. The molecule has 0 saturated heterocycles. The number of carbonyl (C=O) groups excluding carboxylic acids is 1. The van der Waals surface area contributed by atoms with Crippen LogP contribution in [0.1, 0.15) is 23.1 Å². The van der Waals surface area contributed by atoms with E-state index in [0.29, 0.717) is 37.2 Å². The zero-order valence-corrected chi connectivity index (χ0v) is 16.6. The number of rotatable bonds is 6. The highest BCUT2D eigenvalue weighted by Gasteiger charge is 2.25. The number of sulfonamides is 1. The average molecular weight is 388 g/mol. The van der Waals surface area contributed by atoms with Crippen LogP contribution in [0.15, 0.2) is 41.3 Å². The quantitative estimate of drug-likeness (QED) is 0.825. The van der Waals surface area contributed by atoms with E-state index in [1.54, 1.807) is 43.2 Å². The third-order valence-electron chi connectivity index (χ3n) is 4.68. The molecule has 7 heteroatoms. The Bertz CT molecular complexity index is 970. The van der Waals surface area contributed by atoms with Gasteiger partial charge in [-0.3, -0.25) is 9.52 Å². The van der Waals surface area contributed by atoms with Gasteiger partial charge in [0.1, 0.15) is 0 Å². The molecule has 0 spiro atoms. The van der Waals surface area contributed by atoms with Crippen molar-refractivity contribution in [2.75, 3.05) is 29.9 Å². The second kappa shape index (κ2) is 7.70. The van der Waals surface area contributed by atoms with Gasteiger partial charge in [-0.05, 0) is 61.2 Å². The Morgan fingerprint density at radius 2 is 1.89 bits per heavy atom. The number of hydrogen-bond donors (Lipinski definition) is 1. The van der Waals surface area contributed by atoms with Crippen LogP contribution in [-0.2, 0) is 26.0 Å². The fraction of sp³-hybridized carbons (Fsp3) is 0.350. The van der Waals surface area contributed by atoms with Crippen molar-refractivity contribution in [3.63, 3.8) is 0 Å². The van der Waals surface area contributed by atoms with Gasteiger partial charge in [0, 0.05) is 31.5 Å². The van der Waals surface area contributed by atoms with Gasteiger partial charge in [-0.1, -0.05) is 12.1 Å². The maximum absolute atomic E-state index is 12.8. The third kappa shape index (κ3) is 4.14. The van der Waals surface area contributed by atoms with Crippen LogP contribution < -0.4 is 9.62 Å². The average Bonchev–Trinajstić information content (AvgIpc) is 2.62. The molecule has 2 aromatic rings. The van der Waals surface area contributed by atoms with E-state index < -0.39 is 10.0 Å². The Hall–Kier alpha value is -2.38. The summed E-state index contributed by atoms with van der Waals surface area (Å²) < 4.78 is 33.4. The number of amides is 1. The Morgan fingerprint density at radius 3 is 2.63 bits per heavy atom. The molecule has 0 fully saturated rings.